The van der Waals surface area contributed by atoms with Crippen LogP contribution in [0.4, 0.5) is 5.69 Å². The Labute approximate surface area is 76.4 Å². The number of hydrogen-bond donors (Lipinski definition) is 0. The Hall–Kier alpha value is -1.77. The first-order valence-corrected chi connectivity index (χ1v) is 4.24. The summed E-state index contributed by atoms with van der Waals surface area (Å²) < 4.78 is 0. The molecular formula is C10H8N3. The number of rotatable bonds is 0. The average molecular weight is 170 g/mol. The molecule has 0 fully saturated rings. The van der Waals surface area contributed by atoms with Crippen LogP contribution in [0.25, 0.3) is 6.08 Å². The molecule has 13 heavy (non-hydrogen) atoms. The molecule has 1 aromatic carbocycles. The lowest BCUT2D eigenvalue weighted by Crippen LogP contribution is -2.34. The van der Waals surface area contributed by atoms with E-state index in [2.05, 4.69) is 39.7 Å². The normalized spacial score (nSPS) is 22.5. The lowest BCUT2D eigenvalue weighted by Gasteiger charge is -2.25. The molecule has 0 N–H and O–H groups in total. The zero-order valence-electron chi connectivity index (χ0n) is 6.96. The van der Waals surface area contributed by atoms with E-state index < -0.39 is 0 Å². The van der Waals surface area contributed by atoms with E-state index in [9.17, 15) is 0 Å². The predicted molar refractivity (Wildman–Crippen MR) is 52.4 cm³/mol. The number of hydrogen-bond acceptors (Lipinski definition) is 2. The number of fused-ring (bicyclic) bond motifs is 3. The molecule has 1 atom stereocenters. The van der Waals surface area contributed by atoms with Crippen molar-refractivity contribution in [3.63, 3.8) is 0 Å². The van der Waals surface area contributed by atoms with Gasteiger partial charge in [0.1, 0.15) is 6.34 Å². The van der Waals surface area contributed by atoms with Crippen molar-refractivity contribution in [3.05, 3.63) is 35.9 Å². The summed E-state index contributed by atoms with van der Waals surface area (Å²) in [6.45, 7) is 0. The maximum Gasteiger partial charge on any atom is 0.166 e. The highest BCUT2D eigenvalue weighted by Gasteiger charge is 2.24. The number of benzene rings is 1. The van der Waals surface area contributed by atoms with E-state index >= 15 is 0 Å². The fourth-order valence-corrected chi connectivity index (χ4v) is 1.67. The molecule has 0 bridgehead atoms. The van der Waals surface area contributed by atoms with Crippen LogP contribution in [0.2, 0.25) is 0 Å². The molecule has 0 spiro atoms. The van der Waals surface area contributed by atoms with Gasteiger partial charge < -0.3 is 4.90 Å². The Morgan fingerprint density at radius 3 is 3.15 bits per heavy atom. The van der Waals surface area contributed by atoms with Crippen LogP contribution in [-0.4, -0.2) is 12.5 Å². The van der Waals surface area contributed by atoms with E-state index in [1.54, 1.807) is 6.34 Å². The minimum absolute atomic E-state index is 0.0786. The fourth-order valence-electron chi connectivity index (χ4n) is 1.67. The molecule has 3 heteroatoms. The standard InChI is InChI=1S/C10H8N3/c1-2-4-9-8(3-1)5-6-10-12-11-7-13(9)10/h1-7,10H. The summed E-state index contributed by atoms with van der Waals surface area (Å²) in [5, 5.41) is 3.90. The average Bonchev–Trinajstić information content (AvgIpc) is 2.65. The van der Waals surface area contributed by atoms with Crippen molar-refractivity contribution in [2.24, 2.45) is 5.10 Å². The van der Waals surface area contributed by atoms with Crippen molar-refractivity contribution >= 4 is 18.1 Å². The molecule has 3 nitrogen and oxygen atoms in total. The maximum atomic E-state index is 4.07. The Bertz CT molecular complexity index is 395. The van der Waals surface area contributed by atoms with Gasteiger partial charge in [0.15, 0.2) is 6.17 Å². The van der Waals surface area contributed by atoms with Crippen molar-refractivity contribution in [2.45, 2.75) is 6.17 Å². The third kappa shape index (κ3) is 0.869. The van der Waals surface area contributed by atoms with Crippen molar-refractivity contribution in [3.8, 4) is 0 Å². The molecule has 0 saturated heterocycles. The fraction of sp³-hybridized carbons (Fsp3) is 0.100. The molecular weight excluding hydrogens is 162 g/mol. The van der Waals surface area contributed by atoms with Gasteiger partial charge in [-0.3, -0.25) is 0 Å². The Balaban J connectivity index is 2.17. The highest BCUT2D eigenvalue weighted by Crippen LogP contribution is 2.28. The van der Waals surface area contributed by atoms with Crippen molar-refractivity contribution in [1.29, 1.82) is 0 Å². The van der Waals surface area contributed by atoms with Gasteiger partial charge in [0.2, 0.25) is 0 Å². The molecule has 1 unspecified atom stereocenters. The third-order valence-electron chi connectivity index (χ3n) is 2.31. The lowest BCUT2D eigenvalue weighted by molar-refractivity contribution is 0.671. The van der Waals surface area contributed by atoms with Gasteiger partial charge in [-0.1, -0.05) is 24.3 Å². The molecule has 1 radical (unpaired) electrons. The van der Waals surface area contributed by atoms with Crippen LogP contribution >= 0.6 is 0 Å². The zero-order valence-corrected chi connectivity index (χ0v) is 6.96. The summed E-state index contributed by atoms with van der Waals surface area (Å²) in [4.78, 5) is 2.06. The summed E-state index contributed by atoms with van der Waals surface area (Å²) in [6.07, 6.45) is 5.99. The van der Waals surface area contributed by atoms with Crippen LogP contribution in [0.15, 0.2) is 35.4 Å². The highest BCUT2D eigenvalue weighted by atomic mass is 15.5. The van der Waals surface area contributed by atoms with Gasteiger partial charge in [0, 0.05) is 0 Å². The number of para-hydroxylation sites is 1. The van der Waals surface area contributed by atoms with Gasteiger partial charge in [0.25, 0.3) is 0 Å². The van der Waals surface area contributed by atoms with Gasteiger partial charge in [-0.15, -0.1) is 5.10 Å². The Morgan fingerprint density at radius 2 is 2.15 bits per heavy atom. The second-order valence-corrected chi connectivity index (χ2v) is 3.09. The number of nitrogens with zero attached hydrogens (tertiary/aromatic N) is 3. The second kappa shape index (κ2) is 2.36. The first kappa shape index (κ1) is 6.71. The SMILES string of the molecule is C1=CC2[N]N=CN2c2ccccc21. The van der Waals surface area contributed by atoms with Crippen LogP contribution in [0.5, 0.6) is 0 Å². The van der Waals surface area contributed by atoms with E-state index in [0.29, 0.717) is 0 Å². The van der Waals surface area contributed by atoms with Crippen LogP contribution in [0.3, 0.4) is 0 Å². The summed E-state index contributed by atoms with van der Waals surface area (Å²) in [5.74, 6) is 0. The van der Waals surface area contributed by atoms with E-state index in [4.69, 9.17) is 0 Å². The molecule has 3 rings (SSSR count). The molecule has 2 aliphatic rings. The van der Waals surface area contributed by atoms with E-state index in [0.717, 1.165) is 0 Å². The third-order valence-corrected chi connectivity index (χ3v) is 2.31. The van der Waals surface area contributed by atoms with E-state index in [-0.39, 0.29) is 6.17 Å². The Morgan fingerprint density at radius 1 is 1.23 bits per heavy atom. The quantitative estimate of drug-likeness (QED) is 0.578. The smallest absolute Gasteiger partial charge is 0.166 e. The van der Waals surface area contributed by atoms with Gasteiger partial charge >= 0.3 is 0 Å². The summed E-state index contributed by atoms with van der Waals surface area (Å²) in [7, 11) is 0. The molecule has 0 saturated carbocycles. The summed E-state index contributed by atoms with van der Waals surface area (Å²) in [6, 6.07) is 8.24. The molecule has 2 heterocycles. The van der Waals surface area contributed by atoms with Crippen LogP contribution in [0, 0.1) is 0 Å². The minimum atomic E-state index is 0.0786. The molecule has 0 aromatic heterocycles. The summed E-state index contributed by atoms with van der Waals surface area (Å²) in [5.41, 5.74) is 6.47. The van der Waals surface area contributed by atoms with Gasteiger partial charge in [-0.05, 0) is 17.7 Å². The maximum absolute atomic E-state index is 4.07. The molecule has 2 aliphatic heterocycles. The Kier molecular flexibility index (Phi) is 1.22. The zero-order chi connectivity index (χ0) is 8.67. The van der Waals surface area contributed by atoms with Crippen LogP contribution in [0.1, 0.15) is 5.56 Å². The topological polar surface area (TPSA) is 29.7 Å². The predicted octanol–water partition coefficient (Wildman–Crippen LogP) is 1.41. The lowest BCUT2D eigenvalue weighted by atomic mass is 10.1. The molecule has 0 aliphatic carbocycles. The first-order valence-electron chi connectivity index (χ1n) is 4.24. The first-order chi connectivity index (χ1) is 6.45. The minimum Gasteiger partial charge on any atom is -0.302 e. The van der Waals surface area contributed by atoms with Crippen LogP contribution < -0.4 is 10.3 Å². The van der Waals surface area contributed by atoms with Crippen molar-refractivity contribution in [1.82, 2.24) is 5.43 Å². The van der Waals surface area contributed by atoms with E-state index in [1.165, 1.54) is 11.3 Å². The van der Waals surface area contributed by atoms with Crippen LogP contribution in [-0.2, 0) is 0 Å². The summed E-state index contributed by atoms with van der Waals surface area (Å²) >= 11 is 0. The number of anilines is 1. The van der Waals surface area contributed by atoms with Gasteiger partial charge in [-0.25, -0.2) is 0 Å². The second-order valence-electron chi connectivity index (χ2n) is 3.09. The van der Waals surface area contributed by atoms with Crippen molar-refractivity contribution in [2.75, 3.05) is 4.90 Å². The highest BCUT2D eigenvalue weighted by molar-refractivity contribution is 5.88. The van der Waals surface area contributed by atoms with E-state index in [1.807, 2.05) is 12.1 Å². The van der Waals surface area contributed by atoms with Gasteiger partial charge in [0.05, 0.1) is 5.69 Å². The largest absolute Gasteiger partial charge is 0.302 e. The van der Waals surface area contributed by atoms with Crippen molar-refractivity contribution < 1.29 is 0 Å². The molecule has 63 valence electrons. The van der Waals surface area contributed by atoms with Gasteiger partial charge in [-0.2, -0.15) is 5.43 Å². The monoisotopic (exact) mass is 170 g/mol. The molecule has 1 aromatic rings. The molecule has 0 amide bonds.